The van der Waals surface area contributed by atoms with Crippen LogP contribution in [0.15, 0.2) is 30.3 Å². The third kappa shape index (κ3) is 3.70. The van der Waals surface area contributed by atoms with E-state index in [2.05, 4.69) is 29.2 Å². The third-order valence-corrected chi connectivity index (χ3v) is 5.19. The van der Waals surface area contributed by atoms with E-state index in [0.717, 1.165) is 44.9 Å². The fourth-order valence-corrected chi connectivity index (χ4v) is 4.14. The van der Waals surface area contributed by atoms with Crippen LogP contribution < -0.4 is 0 Å². The number of carbonyl (C=O) groups excluding carboxylic acids is 1. The van der Waals surface area contributed by atoms with E-state index in [-0.39, 0.29) is 6.10 Å². The van der Waals surface area contributed by atoms with Gasteiger partial charge in [0, 0.05) is 18.5 Å². The number of aliphatic hydroxyl groups is 1. The maximum Gasteiger partial charge on any atom is 0.223 e. The van der Waals surface area contributed by atoms with Gasteiger partial charge < -0.3 is 10.0 Å². The van der Waals surface area contributed by atoms with Crippen molar-refractivity contribution in [2.75, 3.05) is 0 Å². The van der Waals surface area contributed by atoms with Crippen LogP contribution in [-0.4, -0.2) is 34.1 Å². The maximum absolute atomic E-state index is 12.6. The summed E-state index contributed by atoms with van der Waals surface area (Å²) in [7, 11) is 0. The minimum Gasteiger partial charge on any atom is -0.393 e. The maximum atomic E-state index is 12.6. The number of hydrogen-bond acceptors (Lipinski definition) is 2. The van der Waals surface area contributed by atoms with E-state index in [4.69, 9.17) is 0 Å². The number of nitrogens with zero attached hydrogens (tertiary/aromatic N) is 1. The second-order valence-corrected chi connectivity index (χ2v) is 6.86. The first kappa shape index (κ1) is 15.5. The SMILES string of the molecule is O=C(CCCCc1ccccc1)N1[C@@H]2CCC[C@H]1CC(O)C2. The number of aliphatic hydroxyl groups excluding tert-OH is 1. The van der Waals surface area contributed by atoms with Crippen LogP contribution in [0.3, 0.4) is 0 Å². The first-order valence-corrected chi connectivity index (χ1v) is 8.77. The Morgan fingerprint density at radius 1 is 1.09 bits per heavy atom. The number of carbonyl (C=O) groups is 1. The molecule has 3 rings (SSSR count). The smallest absolute Gasteiger partial charge is 0.223 e. The number of unbranched alkanes of at least 4 members (excludes halogenated alkanes) is 1. The second-order valence-electron chi connectivity index (χ2n) is 6.86. The van der Waals surface area contributed by atoms with E-state index >= 15 is 0 Å². The molecule has 3 heteroatoms. The Labute approximate surface area is 133 Å². The Balaban J connectivity index is 1.45. The van der Waals surface area contributed by atoms with Crippen LogP contribution in [0.1, 0.15) is 56.9 Å². The molecule has 0 aromatic heterocycles. The molecule has 2 bridgehead atoms. The largest absolute Gasteiger partial charge is 0.393 e. The van der Waals surface area contributed by atoms with Gasteiger partial charge in [-0.2, -0.15) is 0 Å². The van der Waals surface area contributed by atoms with Crippen molar-refractivity contribution >= 4 is 5.91 Å². The van der Waals surface area contributed by atoms with Crippen molar-refractivity contribution in [3.05, 3.63) is 35.9 Å². The molecule has 2 heterocycles. The zero-order valence-corrected chi connectivity index (χ0v) is 13.3. The van der Waals surface area contributed by atoms with Crippen molar-refractivity contribution in [1.29, 1.82) is 0 Å². The van der Waals surface area contributed by atoms with Crippen molar-refractivity contribution in [3.63, 3.8) is 0 Å². The minimum absolute atomic E-state index is 0.197. The quantitative estimate of drug-likeness (QED) is 0.848. The van der Waals surface area contributed by atoms with E-state index in [0.29, 0.717) is 24.4 Å². The normalized spacial score (nSPS) is 27.7. The highest BCUT2D eigenvalue weighted by molar-refractivity contribution is 5.77. The van der Waals surface area contributed by atoms with Crippen LogP contribution in [-0.2, 0) is 11.2 Å². The van der Waals surface area contributed by atoms with Gasteiger partial charge in [-0.05, 0) is 56.9 Å². The summed E-state index contributed by atoms with van der Waals surface area (Å²) < 4.78 is 0. The first-order valence-electron chi connectivity index (χ1n) is 8.77. The van der Waals surface area contributed by atoms with Crippen molar-refractivity contribution in [1.82, 2.24) is 4.90 Å². The number of aryl methyl sites for hydroxylation is 1. The lowest BCUT2D eigenvalue weighted by molar-refractivity contribution is -0.144. The van der Waals surface area contributed by atoms with Crippen LogP contribution in [0, 0.1) is 0 Å². The summed E-state index contributed by atoms with van der Waals surface area (Å²) in [6, 6.07) is 11.1. The van der Waals surface area contributed by atoms with Gasteiger partial charge in [-0.1, -0.05) is 30.3 Å². The van der Waals surface area contributed by atoms with Gasteiger partial charge in [0.15, 0.2) is 0 Å². The average molecular weight is 301 g/mol. The highest BCUT2D eigenvalue weighted by Gasteiger charge is 2.39. The Morgan fingerprint density at radius 2 is 1.77 bits per heavy atom. The number of amides is 1. The number of rotatable bonds is 5. The predicted molar refractivity (Wildman–Crippen MR) is 87.5 cm³/mol. The summed E-state index contributed by atoms with van der Waals surface area (Å²) in [6.07, 6.45) is 8.48. The Bertz CT molecular complexity index is 473. The first-order chi connectivity index (χ1) is 10.7. The van der Waals surface area contributed by atoms with E-state index in [1.807, 2.05) is 6.07 Å². The van der Waals surface area contributed by atoms with E-state index < -0.39 is 0 Å². The van der Waals surface area contributed by atoms with Crippen LogP contribution in [0.2, 0.25) is 0 Å². The van der Waals surface area contributed by atoms with E-state index in [1.165, 1.54) is 12.0 Å². The van der Waals surface area contributed by atoms with Crippen molar-refractivity contribution < 1.29 is 9.90 Å². The van der Waals surface area contributed by atoms with Crippen LogP contribution in [0.5, 0.6) is 0 Å². The molecule has 1 aromatic rings. The van der Waals surface area contributed by atoms with Gasteiger partial charge in [-0.25, -0.2) is 0 Å². The molecule has 120 valence electrons. The highest BCUT2D eigenvalue weighted by Crippen LogP contribution is 2.34. The fourth-order valence-electron chi connectivity index (χ4n) is 4.14. The van der Waals surface area contributed by atoms with E-state index in [9.17, 15) is 9.90 Å². The molecular formula is C19H27NO2. The fraction of sp³-hybridized carbons (Fsp3) is 0.632. The molecule has 2 aliphatic rings. The predicted octanol–water partition coefficient (Wildman–Crippen LogP) is 3.30. The molecule has 3 atom stereocenters. The highest BCUT2D eigenvalue weighted by atomic mass is 16.3. The zero-order chi connectivity index (χ0) is 15.4. The lowest BCUT2D eigenvalue weighted by Crippen LogP contribution is -2.55. The summed E-state index contributed by atoms with van der Waals surface area (Å²) in [5, 5.41) is 9.92. The third-order valence-electron chi connectivity index (χ3n) is 5.19. The van der Waals surface area contributed by atoms with Gasteiger partial charge in [0.2, 0.25) is 5.91 Å². The molecule has 3 nitrogen and oxygen atoms in total. The minimum atomic E-state index is -0.197. The molecule has 22 heavy (non-hydrogen) atoms. The van der Waals surface area contributed by atoms with Crippen molar-refractivity contribution in [2.45, 2.75) is 76.0 Å². The van der Waals surface area contributed by atoms with Crippen molar-refractivity contribution in [2.24, 2.45) is 0 Å². The van der Waals surface area contributed by atoms with Gasteiger partial charge in [-0.3, -0.25) is 4.79 Å². The summed E-state index contributed by atoms with van der Waals surface area (Å²) >= 11 is 0. The average Bonchev–Trinajstić information content (AvgIpc) is 2.51. The lowest BCUT2D eigenvalue weighted by atomic mass is 9.82. The van der Waals surface area contributed by atoms with Crippen LogP contribution >= 0.6 is 0 Å². The number of benzene rings is 1. The summed E-state index contributed by atoms with van der Waals surface area (Å²) in [5.74, 6) is 0.315. The molecule has 2 aliphatic heterocycles. The van der Waals surface area contributed by atoms with Crippen LogP contribution in [0.4, 0.5) is 0 Å². The number of fused-ring (bicyclic) bond motifs is 2. The molecule has 0 radical (unpaired) electrons. The monoisotopic (exact) mass is 301 g/mol. The Hall–Kier alpha value is -1.35. The molecule has 0 saturated carbocycles. The standard InChI is InChI=1S/C19H27NO2/c21-18-13-16-10-6-11-17(14-18)20(16)19(22)12-5-4-9-15-7-2-1-3-8-15/h1-3,7-8,16-18,21H,4-6,9-14H2/t16-,17+,18?. The molecule has 0 spiro atoms. The molecule has 0 aliphatic carbocycles. The topological polar surface area (TPSA) is 40.5 Å². The second kappa shape index (κ2) is 7.28. The zero-order valence-electron chi connectivity index (χ0n) is 13.3. The summed E-state index contributed by atoms with van der Waals surface area (Å²) in [5.41, 5.74) is 1.35. The lowest BCUT2D eigenvalue weighted by Gasteiger charge is -2.48. The summed E-state index contributed by atoms with van der Waals surface area (Å²) in [4.78, 5) is 14.7. The molecule has 1 aromatic carbocycles. The molecule has 1 amide bonds. The molecule has 2 fully saturated rings. The molecule has 2 saturated heterocycles. The number of hydrogen-bond donors (Lipinski definition) is 1. The molecular weight excluding hydrogens is 274 g/mol. The van der Waals surface area contributed by atoms with Crippen molar-refractivity contribution in [3.8, 4) is 0 Å². The summed E-state index contributed by atoms with van der Waals surface area (Å²) in [6.45, 7) is 0. The Kier molecular flexibility index (Phi) is 5.14. The van der Waals surface area contributed by atoms with Gasteiger partial charge in [0.05, 0.1) is 6.10 Å². The molecule has 1 N–H and O–H groups in total. The van der Waals surface area contributed by atoms with Gasteiger partial charge in [0.25, 0.3) is 0 Å². The Morgan fingerprint density at radius 3 is 2.45 bits per heavy atom. The van der Waals surface area contributed by atoms with Gasteiger partial charge in [-0.15, -0.1) is 0 Å². The van der Waals surface area contributed by atoms with Gasteiger partial charge >= 0.3 is 0 Å². The van der Waals surface area contributed by atoms with Crippen LogP contribution in [0.25, 0.3) is 0 Å². The van der Waals surface area contributed by atoms with E-state index in [1.54, 1.807) is 0 Å². The number of piperidine rings is 2. The van der Waals surface area contributed by atoms with Gasteiger partial charge in [0.1, 0.15) is 0 Å². The molecule has 1 unspecified atom stereocenters.